The molecule has 0 atom stereocenters. The number of carbonyl (C=O) groups excluding carboxylic acids is 1. The van der Waals surface area contributed by atoms with Crippen LogP contribution >= 0.6 is 0 Å². The van der Waals surface area contributed by atoms with E-state index in [2.05, 4.69) is 17.2 Å². The third-order valence-electron chi connectivity index (χ3n) is 4.03. The number of rotatable bonds is 6. The molecule has 0 spiro atoms. The van der Waals surface area contributed by atoms with Gasteiger partial charge in [0, 0.05) is 5.56 Å². The predicted octanol–water partition coefficient (Wildman–Crippen LogP) is 5.31. The minimum atomic E-state index is -4.43. The molecule has 0 bridgehead atoms. The average Bonchev–Trinajstić information content (AvgIpc) is 2.77. The van der Waals surface area contributed by atoms with Crippen molar-refractivity contribution in [2.45, 2.75) is 6.18 Å². The van der Waals surface area contributed by atoms with Crippen molar-refractivity contribution in [1.29, 1.82) is 0 Å². The number of hydrogen-bond donors (Lipinski definition) is 1. The Labute approximate surface area is 177 Å². The lowest BCUT2D eigenvalue weighted by Gasteiger charge is -2.08. The Morgan fingerprint density at radius 3 is 2.23 bits per heavy atom. The van der Waals surface area contributed by atoms with E-state index in [0.29, 0.717) is 17.1 Å². The zero-order chi connectivity index (χ0) is 22.1. The molecule has 0 aromatic heterocycles. The standard InChI is InChI=1S/C24H18F3NO3/c25-24(26,27)19-7-6-10-22(17-19)30-16-5-4-15-28-23(29)18-11-13-21(14-12-18)31-20-8-2-1-3-9-20/h1-3,6-14,17H,15-16H2,(H,28,29). The van der Waals surface area contributed by atoms with Gasteiger partial charge in [-0.1, -0.05) is 36.1 Å². The molecule has 0 aliphatic heterocycles. The summed E-state index contributed by atoms with van der Waals surface area (Å²) in [5.41, 5.74) is -0.340. The molecule has 7 heteroatoms. The fraction of sp³-hybridized carbons (Fsp3) is 0.125. The first kappa shape index (κ1) is 21.8. The molecule has 0 saturated carbocycles. The second-order valence-corrected chi connectivity index (χ2v) is 6.29. The van der Waals surface area contributed by atoms with Crippen LogP contribution in [0.25, 0.3) is 0 Å². The van der Waals surface area contributed by atoms with Crippen molar-refractivity contribution in [3.05, 3.63) is 90.0 Å². The van der Waals surface area contributed by atoms with E-state index in [1.165, 1.54) is 12.1 Å². The fourth-order valence-corrected chi connectivity index (χ4v) is 2.52. The molecule has 3 rings (SSSR count). The van der Waals surface area contributed by atoms with Gasteiger partial charge in [-0.25, -0.2) is 0 Å². The topological polar surface area (TPSA) is 47.6 Å². The Morgan fingerprint density at radius 1 is 0.839 bits per heavy atom. The maximum absolute atomic E-state index is 12.7. The highest BCUT2D eigenvalue weighted by atomic mass is 19.4. The Bertz CT molecular complexity index is 1070. The van der Waals surface area contributed by atoms with Crippen molar-refractivity contribution in [2.75, 3.05) is 13.2 Å². The highest BCUT2D eigenvalue weighted by Crippen LogP contribution is 2.31. The summed E-state index contributed by atoms with van der Waals surface area (Å²) in [5.74, 6) is 6.41. The van der Waals surface area contributed by atoms with Crippen molar-refractivity contribution in [3.8, 4) is 29.1 Å². The van der Waals surface area contributed by atoms with Crippen molar-refractivity contribution in [2.24, 2.45) is 0 Å². The van der Waals surface area contributed by atoms with Crippen LogP contribution in [-0.4, -0.2) is 19.1 Å². The van der Waals surface area contributed by atoms with E-state index in [9.17, 15) is 18.0 Å². The largest absolute Gasteiger partial charge is 0.481 e. The number of hydrogen-bond acceptors (Lipinski definition) is 3. The Kier molecular flexibility index (Phi) is 7.17. The van der Waals surface area contributed by atoms with E-state index in [0.717, 1.165) is 12.1 Å². The van der Waals surface area contributed by atoms with Gasteiger partial charge >= 0.3 is 6.18 Å². The quantitative estimate of drug-likeness (QED) is 0.545. The summed E-state index contributed by atoms with van der Waals surface area (Å²) in [7, 11) is 0. The second kappa shape index (κ2) is 10.2. The first-order valence-corrected chi connectivity index (χ1v) is 9.29. The van der Waals surface area contributed by atoms with Crippen molar-refractivity contribution in [3.63, 3.8) is 0 Å². The van der Waals surface area contributed by atoms with Crippen molar-refractivity contribution >= 4 is 5.91 Å². The Balaban J connectivity index is 1.43. The summed E-state index contributed by atoms with van der Waals surface area (Å²) in [4.78, 5) is 12.1. The summed E-state index contributed by atoms with van der Waals surface area (Å²) in [6.07, 6.45) is -4.43. The third-order valence-corrected chi connectivity index (χ3v) is 4.03. The zero-order valence-electron chi connectivity index (χ0n) is 16.3. The van der Waals surface area contributed by atoms with Gasteiger partial charge in [-0.2, -0.15) is 13.2 Å². The predicted molar refractivity (Wildman–Crippen MR) is 110 cm³/mol. The number of amides is 1. The number of halogens is 3. The van der Waals surface area contributed by atoms with Crippen LogP contribution in [0.15, 0.2) is 78.9 Å². The molecular weight excluding hydrogens is 407 g/mol. The van der Waals surface area contributed by atoms with Gasteiger partial charge in [0.1, 0.15) is 23.9 Å². The molecule has 1 N–H and O–H groups in total. The molecule has 0 fully saturated rings. The molecule has 31 heavy (non-hydrogen) atoms. The van der Waals surface area contributed by atoms with Gasteiger partial charge in [-0.3, -0.25) is 4.79 Å². The molecule has 158 valence electrons. The van der Waals surface area contributed by atoms with Crippen LogP contribution in [0.5, 0.6) is 17.2 Å². The minimum absolute atomic E-state index is 0.0750. The van der Waals surface area contributed by atoms with Gasteiger partial charge in [0.05, 0.1) is 12.1 Å². The van der Waals surface area contributed by atoms with Gasteiger partial charge < -0.3 is 14.8 Å². The number of ether oxygens (including phenoxy) is 2. The smallest absolute Gasteiger partial charge is 0.416 e. The SMILES string of the molecule is O=C(NCC#CCOc1cccc(C(F)(F)F)c1)c1ccc(Oc2ccccc2)cc1. The Hall–Kier alpha value is -3.92. The summed E-state index contributed by atoms with van der Waals surface area (Å²) in [6.45, 7) is -0.0181. The lowest BCUT2D eigenvalue weighted by Crippen LogP contribution is -2.23. The van der Waals surface area contributed by atoms with Crippen LogP contribution < -0.4 is 14.8 Å². The molecule has 0 radical (unpaired) electrons. The number of nitrogens with one attached hydrogen (secondary N) is 1. The first-order chi connectivity index (χ1) is 14.9. The maximum atomic E-state index is 12.7. The van der Waals surface area contributed by atoms with Gasteiger partial charge in [0.25, 0.3) is 5.91 Å². The van der Waals surface area contributed by atoms with E-state index in [1.807, 2.05) is 30.3 Å². The molecule has 1 amide bonds. The number of benzene rings is 3. The van der Waals surface area contributed by atoms with E-state index < -0.39 is 11.7 Å². The van der Waals surface area contributed by atoms with Crippen LogP contribution in [0.2, 0.25) is 0 Å². The van der Waals surface area contributed by atoms with Crippen LogP contribution in [-0.2, 0) is 6.18 Å². The second-order valence-electron chi connectivity index (χ2n) is 6.29. The molecule has 0 unspecified atom stereocenters. The molecule has 0 heterocycles. The van der Waals surface area contributed by atoms with Gasteiger partial charge in [0.15, 0.2) is 0 Å². The lowest BCUT2D eigenvalue weighted by atomic mass is 10.2. The van der Waals surface area contributed by atoms with E-state index in [-0.39, 0.29) is 24.8 Å². The lowest BCUT2D eigenvalue weighted by molar-refractivity contribution is -0.137. The average molecular weight is 425 g/mol. The summed E-state index contributed by atoms with van der Waals surface area (Å²) >= 11 is 0. The molecule has 0 aliphatic carbocycles. The van der Waals surface area contributed by atoms with Crippen LogP contribution in [0, 0.1) is 11.8 Å². The normalized spacial score (nSPS) is 10.5. The maximum Gasteiger partial charge on any atom is 0.416 e. The summed E-state index contributed by atoms with van der Waals surface area (Å²) in [6, 6.07) is 20.5. The number of para-hydroxylation sites is 1. The van der Waals surface area contributed by atoms with Crippen LogP contribution in [0.4, 0.5) is 13.2 Å². The number of alkyl halides is 3. The Morgan fingerprint density at radius 2 is 1.52 bits per heavy atom. The minimum Gasteiger partial charge on any atom is -0.481 e. The monoisotopic (exact) mass is 425 g/mol. The van der Waals surface area contributed by atoms with Crippen molar-refractivity contribution in [1.82, 2.24) is 5.32 Å². The van der Waals surface area contributed by atoms with Gasteiger partial charge in [0.2, 0.25) is 0 Å². The van der Waals surface area contributed by atoms with E-state index in [4.69, 9.17) is 9.47 Å². The molecule has 0 aliphatic rings. The fourth-order valence-electron chi connectivity index (χ4n) is 2.52. The zero-order valence-corrected chi connectivity index (χ0v) is 16.3. The molecule has 4 nitrogen and oxygen atoms in total. The first-order valence-electron chi connectivity index (χ1n) is 9.29. The highest BCUT2D eigenvalue weighted by Gasteiger charge is 2.30. The molecule has 3 aromatic rings. The molecular formula is C24H18F3NO3. The van der Waals surface area contributed by atoms with Gasteiger partial charge in [-0.05, 0) is 54.6 Å². The van der Waals surface area contributed by atoms with Crippen molar-refractivity contribution < 1.29 is 27.4 Å². The number of carbonyl (C=O) groups is 1. The summed E-state index contributed by atoms with van der Waals surface area (Å²) < 4.78 is 48.9. The van der Waals surface area contributed by atoms with Crippen LogP contribution in [0.3, 0.4) is 0 Å². The van der Waals surface area contributed by atoms with Gasteiger partial charge in [-0.15, -0.1) is 0 Å². The highest BCUT2D eigenvalue weighted by molar-refractivity contribution is 5.94. The summed E-state index contributed by atoms with van der Waals surface area (Å²) in [5, 5.41) is 2.64. The van der Waals surface area contributed by atoms with Crippen LogP contribution in [0.1, 0.15) is 15.9 Å². The van der Waals surface area contributed by atoms with E-state index >= 15 is 0 Å². The van der Waals surface area contributed by atoms with E-state index in [1.54, 1.807) is 24.3 Å². The molecule has 0 saturated heterocycles. The molecule has 3 aromatic carbocycles. The third kappa shape index (κ3) is 6.82.